The van der Waals surface area contributed by atoms with Crippen molar-refractivity contribution in [2.75, 3.05) is 14.2 Å². The lowest BCUT2D eigenvalue weighted by molar-refractivity contribution is -0.114. The molecule has 0 atom stereocenters. The van der Waals surface area contributed by atoms with Gasteiger partial charge in [-0.25, -0.2) is 4.39 Å². The Morgan fingerprint density at radius 1 is 1.26 bits per heavy atom. The first kappa shape index (κ1) is 21.1. The number of halogens is 3. The Morgan fingerprint density at radius 3 is 2.67 bits per heavy atom. The molecule has 0 aliphatic heterocycles. The summed E-state index contributed by atoms with van der Waals surface area (Å²) in [6, 6.07) is 11.4. The van der Waals surface area contributed by atoms with Crippen LogP contribution in [0.4, 0.5) is 4.39 Å². The predicted octanol–water partition coefficient (Wildman–Crippen LogP) is 4.59. The fourth-order valence-electron chi connectivity index (χ4n) is 2.34. The van der Waals surface area contributed by atoms with Gasteiger partial charge in [-0.2, -0.15) is 0 Å². The zero-order valence-electron chi connectivity index (χ0n) is 14.6. The van der Waals surface area contributed by atoms with Crippen LogP contribution in [0.25, 0.3) is 6.08 Å². The third-order valence-corrected chi connectivity index (χ3v) is 3.97. The van der Waals surface area contributed by atoms with Crippen molar-refractivity contribution in [3.8, 4) is 5.75 Å². The fraction of sp³-hybridized carbons (Fsp3) is 0.158. The molecule has 2 rings (SSSR count). The van der Waals surface area contributed by atoms with Crippen LogP contribution in [0.3, 0.4) is 0 Å². The Morgan fingerprint density at radius 2 is 2.00 bits per heavy atom. The molecule has 0 saturated carbocycles. The molecule has 0 aliphatic carbocycles. The van der Waals surface area contributed by atoms with Crippen LogP contribution >= 0.6 is 31.9 Å². The summed E-state index contributed by atoms with van der Waals surface area (Å²) in [5.74, 6) is -0.255. The van der Waals surface area contributed by atoms with Crippen molar-refractivity contribution in [2.45, 2.75) is 6.61 Å². The number of likely N-dealkylation sites (N-methyl/N-ethyl adjacent to an activating group) is 1. The van der Waals surface area contributed by atoms with Crippen LogP contribution in [0.2, 0.25) is 0 Å². The second kappa shape index (κ2) is 10.2. The van der Waals surface area contributed by atoms with Crippen LogP contribution in [0, 0.1) is 5.82 Å². The standard InChI is InChI=1S/C19H17Br2FN2O3/c1-23-19(25)18(24-26-2)15-6-4-3-5-12(15)11-27-16-8-7-14(22)9-13(16)10-17(20)21/h3-10H,11H2,1-2H3,(H,23,25)/b24-18+. The maximum Gasteiger partial charge on any atom is 0.273 e. The van der Waals surface area contributed by atoms with Crippen LogP contribution in [-0.2, 0) is 16.2 Å². The molecule has 8 heteroatoms. The summed E-state index contributed by atoms with van der Waals surface area (Å²) in [5, 5.41) is 6.36. The quantitative estimate of drug-likeness (QED) is 0.447. The highest BCUT2D eigenvalue weighted by Crippen LogP contribution is 2.27. The molecule has 0 spiro atoms. The molecule has 2 aromatic rings. The van der Waals surface area contributed by atoms with Gasteiger partial charge in [0.2, 0.25) is 0 Å². The minimum absolute atomic E-state index is 0.140. The van der Waals surface area contributed by atoms with Crippen LogP contribution in [0.5, 0.6) is 5.75 Å². The molecule has 27 heavy (non-hydrogen) atoms. The van der Waals surface area contributed by atoms with Crippen LogP contribution in [0.15, 0.2) is 51.0 Å². The maximum absolute atomic E-state index is 13.6. The monoisotopic (exact) mass is 498 g/mol. The molecule has 0 fully saturated rings. The van der Waals surface area contributed by atoms with Crippen LogP contribution < -0.4 is 10.1 Å². The zero-order chi connectivity index (χ0) is 19.8. The van der Waals surface area contributed by atoms with Gasteiger partial charge in [-0.05, 0) is 61.7 Å². The normalized spacial score (nSPS) is 10.9. The summed E-state index contributed by atoms with van der Waals surface area (Å²) >= 11 is 6.53. The first-order valence-corrected chi connectivity index (χ1v) is 9.41. The summed E-state index contributed by atoms with van der Waals surface area (Å²) in [6.45, 7) is 0.155. The lowest BCUT2D eigenvalue weighted by Gasteiger charge is -2.13. The summed E-state index contributed by atoms with van der Waals surface area (Å²) in [7, 11) is 2.89. The molecule has 2 aromatic carbocycles. The van der Waals surface area contributed by atoms with Crippen molar-refractivity contribution in [3.63, 3.8) is 0 Å². The lowest BCUT2D eigenvalue weighted by atomic mass is 10.0. The van der Waals surface area contributed by atoms with Crippen molar-refractivity contribution < 1.29 is 18.8 Å². The van der Waals surface area contributed by atoms with E-state index in [1.807, 2.05) is 12.1 Å². The Balaban J connectivity index is 2.34. The average molecular weight is 500 g/mol. The third-order valence-electron chi connectivity index (χ3n) is 3.52. The maximum atomic E-state index is 13.6. The van der Waals surface area contributed by atoms with E-state index >= 15 is 0 Å². The van der Waals surface area contributed by atoms with Gasteiger partial charge < -0.3 is 14.9 Å². The highest BCUT2D eigenvalue weighted by atomic mass is 79.9. The van der Waals surface area contributed by atoms with E-state index in [2.05, 4.69) is 42.3 Å². The van der Waals surface area contributed by atoms with Gasteiger partial charge in [-0.15, -0.1) is 0 Å². The molecule has 0 saturated heterocycles. The van der Waals surface area contributed by atoms with Crippen molar-refractivity contribution >= 4 is 49.6 Å². The van der Waals surface area contributed by atoms with Crippen molar-refractivity contribution in [3.05, 3.63) is 68.4 Å². The van der Waals surface area contributed by atoms with Crippen LogP contribution in [-0.4, -0.2) is 25.8 Å². The number of hydrogen-bond acceptors (Lipinski definition) is 4. The number of nitrogens with one attached hydrogen (secondary N) is 1. The van der Waals surface area contributed by atoms with E-state index in [-0.39, 0.29) is 24.0 Å². The molecule has 0 unspecified atom stereocenters. The molecule has 0 radical (unpaired) electrons. The Bertz CT molecular complexity index is 881. The van der Waals surface area contributed by atoms with Gasteiger partial charge in [0.1, 0.15) is 25.3 Å². The van der Waals surface area contributed by atoms with Gasteiger partial charge in [0.05, 0.1) is 3.39 Å². The number of carbonyl (C=O) groups is 1. The first-order valence-electron chi connectivity index (χ1n) is 7.82. The van der Waals surface area contributed by atoms with Crippen molar-refractivity contribution in [1.82, 2.24) is 5.32 Å². The number of nitrogens with zero attached hydrogens (tertiary/aromatic N) is 1. The topological polar surface area (TPSA) is 59.9 Å². The number of hydrogen-bond donors (Lipinski definition) is 1. The smallest absolute Gasteiger partial charge is 0.273 e. The van der Waals surface area contributed by atoms with E-state index in [9.17, 15) is 9.18 Å². The number of oxime groups is 1. The van der Waals surface area contributed by atoms with Gasteiger partial charge in [-0.3, -0.25) is 4.79 Å². The second-order valence-electron chi connectivity index (χ2n) is 5.26. The SMILES string of the molecule is CNC(=O)/C(=N/OC)c1ccccc1COc1ccc(F)cc1C=C(Br)Br. The molecule has 142 valence electrons. The zero-order valence-corrected chi connectivity index (χ0v) is 17.8. The number of amides is 1. The largest absolute Gasteiger partial charge is 0.488 e. The molecule has 0 heterocycles. The average Bonchev–Trinajstić information content (AvgIpc) is 2.65. The summed E-state index contributed by atoms with van der Waals surface area (Å²) in [6.07, 6.45) is 1.69. The second-order valence-corrected chi connectivity index (χ2v) is 8.04. The predicted molar refractivity (Wildman–Crippen MR) is 111 cm³/mol. The van der Waals surface area contributed by atoms with E-state index in [0.717, 1.165) is 5.56 Å². The van der Waals surface area contributed by atoms with Gasteiger partial charge >= 0.3 is 0 Å². The Kier molecular flexibility index (Phi) is 7.99. The summed E-state index contributed by atoms with van der Waals surface area (Å²) in [4.78, 5) is 16.9. The molecule has 0 bridgehead atoms. The highest BCUT2D eigenvalue weighted by molar-refractivity contribution is 9.28. The molecule has 0 aliphatic rings. The van der Waals surface area contributed by atoms with E-state index in [1.165, 1.54) is 26.3 Å². The molecular formula is C19H17Br2FN2O3. The third kappa shape index (κ3) is 5.90. The van der Waals surface area contributed by atoms with E-state index in [4.69, 9.17) is 9.57 Å². The minimum atomic E-state index is -0.377. The molecular weight excluding hydrogens is 483 g/mol. The van der Waals surface area contributed by atoms with E-state index in [0.29, 0.717) is 20.3 Å². The Hall–Kier alpha value is -2.19. The highest BCUT2D eigenvalue weighted by Gasteiger charge is 2.17. The fourth-order valence-corrected chi connectivity index (χ4v) is 2.83. The number of rotatable bonds is 7. The van der Waals surface area contributed by atoms with Gasteiger partial charge in [0, 0.05) is 18.2 Å². The van der Waals surface area contributed by atoms with Crippen molar-refractivity contribution in [2.24, 2.45) is 5.16 Å². The Labute approximate surface area is 173 Å². The van der Waals surface area contributed by atoms with Crippen molar-refractivity contribution in [1.29, 1.82) is 0 Å². The number of carbonyl (C=O) groups excluding carboxylic acids is 1. The van der Waals surface area contributed by atoms with Gasteiger partial charge in [0.15, 0.2) is 5.71 Å². The van der Waals surface area contributed by atoms with E-state index < -0.39 is 0 Å². The molecule has 5 nitrogen and oxygen atoms in total. The van der Waals surface area contributed by atoms with Crippen LogP contribution in [0.1, 0.15) is 16.7 Å². The molecule has 1 amide bonds. The molecule has 0 aromatic heterocycles. The summed E-state index contributed by atoms with van der Waals surface area (Å²) < 4.78 is 20.1. The van der Waals surface area contributed by atoms with Gasteiger partial charge in [-0.1, -0.05) is 29.4 Å². The number of ether oxygens (including phenoxy) is 1. The van der Waals surface area contributed by atoms with E-state index in [1.54, 1.807) is 24.3 Å². The summed E-state index contributed by atoms with van der Waals surface area (Å²) in [5.41, 5.74) is 2.02. The minimum Gasteiger partial charge on any atom is -0.488 e. The number of benzene rings is 2. The molecule has 1 N–H and O–H groups in total. The lowest BCUT2D eigenvalue weighted by Crippen LogP contribution is -2.29. The van der Waals surface area contributed by atoms with Gasteiger partial charge in [0.25, 0.3) is 5.91 Å². The first-order chi connectivity index (χ1) is 13.0.